The van der Waals surface area contributed by atoms with Gasteiger partial charge in [0, 0.05) is 24.1 Å². The van der Waals surface area contributed by atoms with E-state index in [0.717, 1.165) is 31.4 Å². The van der Waals surface area contributed by atoms with Crippen molar-refractivity contribution in [1.82, 2.24) is 15.2 Å². The molecule has 0 radical (unpaired) electrons. The van der Waals surface area contributed by atoms with E-state index in [1.807, 2.05) is 0 Å². The van der Waals surface area contributed by atoms with Gasteiger partial charge >= 0.3 is 0 Å². The Kier molecular flexibility index (Phi) is 7.45. The lowest BCUT2D eigenvalue weighted by Crippen LogP contribution is -2.44. The molecule has 2 fully saturated rings. The summed E-state index contributed by atoms with van der Waals surface area (Å²) in [6.45, 7) is 0.365. The topological polar surface area (TPSA) is 127 Å². The Labute approximate surface area is 160 Å². The lowest BCUT2D eigenvalue weighted by molar-refractivity contribution is 0.0916. The summed E-state index contributed by atoms with van der Waals surface area (Å²) >= 11 is 0. The van der Waals surface area contributed by atoms with E-state index in [1.54, 1.807) is 6.07 Å². The Morgan fingerprint density at radius 2 is 1.85 bits per heavy atom. The second-order valence-corrected chi connectivity index (χ2v) is 8.86. The summed E-state index contributed by atoms with van der Waals surface area (Å²) < 4.78 is 31.8. The highest BCUT2D eigenvalue weighted by atomic mass is 35.5. The molecule has 0 unspecified atom stereocenters. The van der Waals surface area contributed by atoms with Crippen LogP contribution < -0.4 is 15.8 Å². The summed E-state index contributed by atoms with van der Waals surface area (Å²) in [5.41, 5.74) is 5.68. The fourth-order valence-corrected chi connectivity index (χ4v) is 4.57. The van der Waals surface area contributed by atoms with Crippen molar-refractivity contribution in [3.63, 3.8) is 0 Å². The van der Waals surface area contributed by atoms with Crippen molar-refractivity contribution in [2.75, 3.05) is 12.3 Å². The number of aromatic nitrogens is 1. The van der Waals surface area contributed by atoms with E-state index in [9.17, 15) is 13.2 Å². The normalized spacial score (nSPS) is 23.3. The van der Waals surface area contributed by atoms with Crippen LogP contribution in [0.5, 0.6) is 0 Å². The SMILES string of the molecule is Cl.NCCCS(=O)(=O)N[C@H]1CC[C@H](NC(=O)c2cc(C3CC3)on2)CC1. The number of nitrogens with two attached hydrogens (primary N) is 1. The molecule has 4 N–H and O–H groups in total. The maximum Gasteiger partial charge on any atom is 0.273 e. The fourth-order valence-electron chi connectivity index (χ4n) is 3.16. The fraction of sp³-hybridized carbons (Fsp3) is 0.750. The van der Waals surface area contributed by atoms with Gasteiger partial charge in [-0.1, -0.05) is 5.16 Å². The summed E-state index contributed by atoms with van der Waals surface area (Å²) in [5, 5.41) is 6.82. The first kappa shape index (κ1) is 21.1. The van der Waals surface area contributed by atoms with Crippen molar-refractivity contribution in [3.05, 3.63) is 17.5 Å². The summed E-state index contributed by atoms with van der Waals surface area (Å²) in [4.78, 5) is 12.2. The van der Waals surface area contributed by atoms with Crippen LogP contribution >= 0.6 is 12.4 Å². The van der Waals surface area contributed by atoms with E-state index in [2.05, 4.69) is 15.2 Å². The number of carbonyl (C=O) groups excluding carboxylic acids is 1. The molecular formula is C16H27ClN4O4S. The second-order valence-electron chi connectivity index (χ2n) is 6.99. The van der Waals surface area contributed by atoms with Crippen LogP contribution in [-0.4, -0.2) is 43.9 Å². The molecule has 2 aliphatic rings. The van der Waals surface area contributed by atoms with Gasteiger partial charge < -0.3 is 15.6 Å². The van der Waals surface area contributed by atoms with E-state index in [1.165, 1.54) is 0 Å². The highest BCUT2D eigenvalue weighted by Gasteiger charge is 2.30. The van der Waals surface area contributed by atoms with E-state index in [0.29, 0.717) is 37.4 Å². The van der Waals surface area contributed by atoms with Gasteiger partial charge in [-0.25, -0.2) is 13.1 Å². The maximum absolute atomic E-state index is 12.2. The number of hydrogen-bond acceptors (Lipinski definition) is 6. The molecule has 8 nitrogen and oxygen atoms in total. The zero-order chi connectivity index (χ0) is 17.9. The molecule has 148 valence electrons. The molecule has 1 aromatic rings. The van der Waals surface area contributed by atoms with Gasteiger partial charge in [-0.3, -0.25) is 4.79 Å². The highest BCUT2D eigenvalue weighted by Crippen LogP contribution is 2.40. The first-order valence-electron chi connectivity index (χ1n) is 8.94. The molecule has 1 aromatic heterocycles. The van der Waals surface area contributed by atoms with Crippen molar-refractivity contribution in [1.29, 1.82) is 0 Å². The predicted molar refractivity (Wildman–Crippen MR) is 99.8 cm³/mol. The Morgan fingerprint density at radius 1 is 1.19 bits per heavy atom. The molecule has 0 aromatic carbocycles. The molecule has 0 saturated heterocycles. The number of sulfonamides is 1. The quantitative estimate of drug-likeness (QED) is 0.596. The third-order valence-electron chi connectivity index (χ3n) is 4.77. The Bertz CT molecular complexity index is 697. The number of hydrogen-bond donors (Lipinski definition) is 3. The van der Waals surface area contributed by atoms with Gasteiger partial charge in [0.15, 0.2) is 5.69 Å². The molecule has 10 heteroatoms. The van der Waals surface area contributed by atoms with Crippen molar-refractivity contribution in [2.45, 2.75) is 62.9 Å². The monoisotopic (exact) mass is 406 g/mol. The summed E-state index contributed by atoms with van der Waals surface area (Å²) in [6.07, 6.45) is 5.55. The first-order valence-corrected chi connectivity index (χ1v) is 10.6. The van der Waals surface area contributed by atoms with Crippen molar-refractivity contribution >= 4 is 28.3 Å². The average molecular weight is 407 g/mol. The Hall–Kier alpha value is -1.16. The Balaban J connectivity index is 0.00000243. The van der Waals surface area contributed by atoms with Crippen LogP contribution in [0.2, 0.25) is 0 Å². The van der Waals surface area contributed by atoms with Gasteiger partial charge in [-0.05, 0) is 51.5 Å². The number of nitrogens with zero attached hydrogens (tertiary/aromatic N) is 1. The number of amides is 1. The number of rotatable bonds is 8. The molecule has 1 heterocycles. The molecule has 3 rings (SSSR count). The molecular weight excluding hydrogens is 380 g/mol. The molecule has 1 amide bonds. The second kappa shape index (κ2) is 9.16. The minimum Gasteiger partial charge on any atom is -0.360 e. The lowest BCUT2D eigenvalue weighted by Gasteiger charge is -2.29. The van der Waals surface area contributed by atoms with Crippen molar-refractivity contribution < 1.29 is 17.7 Å². The average Bonchev–Trinajstić information content (AvgIpc) is 3.31. The van der Waals surface area contributed by atoms with Gasteiger partial charge in [0.05, 0.1) is 5.75 Å². The lowest BCUT2D eigenvalue weighted by atomic mass is 9.92. The van der Waals surface area contributed by atoms with Crippen LogP contribution in [0.15, 0.2) is 10.6 Å². The molecule has 2 aliphatic carbocycles. The largest absolute Gasteiger partial charge is 0.360 e. The van der Waals surface area contributed by atoms with E-state index in [4.69, 9.17) is 10.3 Å². The van der Waals surface area contributed by atoms with Crippen LogP contribution in [0.25, 0.3) is 0 Å². The summed E-state index contributed by atoms with van der Waals surface area (Å²) in [6, 6.07) is 1.70. The van der Waals surface area contributed by atoms with Crippen molar-refractivity contribution in [2.24, 2.45) is 5.73 Å². The third kappa shape index (κ3) is 5.94. The number of nitrogens with one attached hydrogen (secondary N) is 2. The van der Waals surface area contributed by atoms with Gasteiger partial charge in [-0.2, -0.15) is 0 Å². The summed E-state index contributed by atoms with van der Waals surface area (Å²) in [7, 11) is -3.27. The smallest absolute Gasteiger partial charge is 0.273 e. The summed E-state index contributed by atoms with van der Waals surface area (Å²) in [5.74, 6) is 1.07. The van der Waals surface area contributed by atoms with Crippen LogP contribution in [0.4, 0.5) is 0 Å². The van der Waals surface area contributed by atoms with E-state index >= 15 is 0 Å². The predicted octanol–water partition coefficient (Wildman–Crippen LogP) is 1.28. The molecule has 0 spiro atoms. The molecule has 0 bridgehead atoms. The minimum absolute atomic E-state index is 0. The van der Waals surface area contributed by atoms with Gasteiger partial charge in [-0.15, -0.1) is 12.4 Å². The zero-order valence-corrected chi connectivity index (χ0v) is 16.3. The Morgan fingerprint density at radius 3 is 2.46 bits per heavy atom. The molecule has 26 heavy (non-hydrogen) atoms. The molecule has 0 atom stereocenters. The van der Waals surface area contributed by atoms with Crippen LogP contribution in [-0.2, 0) is 10.0 Å². The zero-order valence-electron chi connectivity index (χ0n) is 14.6. The molecule has 2 saturated carbocycles. The van der Waals surface area contributed by atoms with Gasteiger partial charge in [0.25, 0.3) is 5.91 Å². The minimum atomic E-state index is -3.27. The first-order chi connectivity index (χ1) is 12.0. The van der Waals surface area contributed by atoms with Crippen LogP contribution in [0, 0.1) is 0 Å². The van der Waals surface area contributed by atoms with Crippen LogP contribution in [0.3, 0.4) is 0 Å². The number of carbonyl (C=O) groups is 1. The van der Waals surface area contributed by atoms with Crippen LogP contribution in [0.1, 0.15) is 67.1 Å². The maximum atomic E-state index is 12.2. The third-order valence-corrected chi connectivity index (χ3v) is 6.29. The van der Waals surface area contributed by atoms with E-state index in [-0.39, 0.29) is 36.2 Å². The van der Waals surface area contributed by atoms with Gasteiger partial charge in [0.2, 0.25) is 10.0 Å². The van der Waals surface area contributed by atoms with Crippen molar-refractivity contribution in [3.8, 4) is 0 Å². The highest BCUT2D eigenvalue weighted by molar-refractivity contribution is 7.89. The standard InChI is InChI=1S/C16H26N4O4S.ClH/c17-8-1-9-25(22,23)20-13-6-4-12(5-7-13)18-16(21)14-10-15(24-19-14)11-2-3-11;/h10-13,20H,1-9,17H2,(H,18,21);1H/t12-,13-;. The van der Waals surface area contributed by atoms with Gasteiger partial charge in [0.1, 0.15) is 5.76 Å². The number of halogens is 1. The molecule has 0 aliphatic heterocycles. The van der Waals surface area contributed by atoms with E-state index < -0.39 is 10.0 Å².